The van der Waals surface area contributed by atoms with Crippen molar-refractivity contribution in [3.63, 3.8) is 0 Å². The number of carbonyl (C=O) groups is 3. The molecule has 1 fully saturated rings. The summed E-state index contributed by atoms with van der Waals surface area (Å²) >= 11 is 0. The Balaban J connectivity index is 1.63. The van der Waals surface area contributed by atoms with Gasteiger partial charge in [-0.2, -0.15) is 0 Å². The van der Waals surface area contributed by atoms with E-state index >= 15 is 0 Å². The molecule has 3 amide bonds. The minimum absolute atomic E-state index is 0.292. The van der Waals surface area contributed by atoms with Crippen LogP contribution >= 0.6 is 0 Å². The maximum absolute atomic E-state index is 12.9. The lowest BCUT2D eigenvalue weighted by atomic mass is 9.84. The van der Waals surface area contributed by atoms with Crippen molar-refractivity contribution in [3.05, 3.63) is 41.1 Å². The molecule has 4 rings (SSSR count). The summed E-state index contributed by atoms with van der Waals surface area (Å²) in [6.07, 6.45) is 2.63. The van der Waals surface area contributed by atoms with E-state index in [1.54, 1.807) is 0 Å². The van der Waals surface area contributed by atoms with Gasteiger partial charge in [-0.15, -0.1) is 0 Å². The zero-order chi connectivity index (χ0) is 19.0. The number of para-hydroxylation sites is 1. The van der Waals surface area contributed by atoms with Crippen molar-refractivity contribution in [2.24, 2.45) is 5.92 Å². The first-order valence-electron chi connectivity index (χ1n) is 9.20. The summed E-state index contributed by atoms with van der Waals surface area (Å²) in [5, 5.41) is 3.29. The van der Waals surface area contributed by atoms with Crippen LogP contribution in [0.3, 0.4) is 0 Å². The fraction of sp³-hybridized carbons (Fsp3) is 0.400. The number of ether oxygens (including phenoxy) is 1. The van der Waals surface area contributed by atoms with Crippen LogP contribution in [0.15, 0.2) is 24.3 Å². The number of amides is 3. The predicted molar refractivity (Wildman–Crippen MR) is 98.3 cm³/mol. The van der Waals surface area contributed by atoms with E-state index in [9.17, 15) is 14.4 Å². The van der Waals surface area contributed by atoms with Gasteiger partial charge in [0.2, 0.25) is 0 Å². The zero-order valence-corrected chi connectivity index (χ0v) is 15.2. The first-order valence-corrected chi connectivity index (χ1v) is 9.20. The average Bonchev–Trinajstić information content (AvgIpc) is 3.10. The number of rotatable bonds is 3. The Bertz CT molecular complexity index is 940. The van der Waals surface area contributed by atoms with Gasteiger partial charge in [-0.25, -0.2) is 9.59 Å². The minimum Gasteiger partial charge on any atom is -0.452 e. The van der Waals surface area contributed by atoms with Gasteiger partial charge in [-0.3, -0.25) is 14.7 Å². The fourth-order valence-electron chi connectivity index (χ4n) is 3.78. The lowest BCUT2D eigenvalue weighted by molar-refractivity contribution is -0.130. The molecule has 1 atom stereocenters. The number of pyridine rings is 1. The van der Waals surface area contributed by atoms with Crippen molar-refractivity contribution in [2.75, 3.05) is 19.7 Å². The third-order valence-electron chi connectivity index (χ3n) is 5.19. The van der Waals surface area contributed by atoms with Gasteiger partial charge < -0.3 is 10.1 Å². The van der Waals surface area contributed by atoms with Crippen LogP contribution in [0.2, 0.25) is 0 Å². The number of esters is 1. The second-order valence-corrected chi connectivity index (χ2v) is 7.13. The third kappa shape index (κ3) is 3.25. The summed E-state index contributed by atoms with van der Waals surface area (Å²) in [7, 11) is 0. The van der Waals surface area contributed by atoms with E-state index < -0.39 is 24.5 Å². The van der Waals surface area contributed by atoms with Crippen molar-refractivity contribution in [1.82, 2.24) is 15.2 Å². The maximum atomic E-state index is 12.9. The van der Waals surface area contributed by atoms with E-state index in [0.29, 0.717) is 24.6 Å². The monoisotopic (exact) mass is 367 g/mol. The van der Waals surface area contributed by atoms with Crippen LogP contribution < -0.4 is 5.32 Å². The molecular weight excluding hydrogens is 346 g/mol. The lowest BCUT2D eigenvalue weighted by Crippen LogP contribution is -2.37. The number of carbonyl (C=O) groups excluding carboxylic acids is 3. The van der Waals surface area contributed by atoms with Gasteiger partial charge in [-0.05, 0) is 36.8 Å². The standard InChI is InChI=1S/C20H21N3O4/c1-12-6-7-16-14(10-12)18(13-4-2-3-5-15(13)22-16)19(25)27-11-17(24)23-9-8-21-20(23)26/h2-5,12H,6-11H2,1H3,(H,21,26)/t12-/m1/s1. The lowest BCUT2D eigenvalue weighted by Gasteiger charge is -2.24. The Morgan fingerprint density at radius 3 is 2.93 bits per heavy atom. The number of benzene rings is 1. The molecule has 1 N–H and O–H groups in total. The molecule has 2 aromatic rings. The maximum Gasteiger partial charge on any atom is 0.339 e. The van der Waals surface area contributed by atoms with Crippen molar-refractivity contribution in [1.29, 1.82) is 0 Å². The molecule has 1 saturated heterocycles. The largest absolute Gasteiger partial charge is 0.452 e. The van der Waals surface area contributed by atoms with Gasteiger partial charge in [0.05, 0.1) is 11.1 Å². The molecule has 0 bridgehead atoms. The van der Waals surface area contributed by atoms with Crippen LogP contribution in [-0.2, 0) is 22.4 Å². The summed E-state index contributed by atoms with van der Waals surface area (Å²) in [6, 6.07) is 7.03. The van der Waals surface area contributed by atoms with E-state index in [1.807, 2.05) is 24.3 Å². The fourth-order valence-corrected chi connectivity index (χ4v) is 3.78. The number of nitrogens with one attached hydrogen (secondary N) is 1. The van der Waals surface area contributed by atoms with Crippen LogP contribution in [0, 0.1) is 5.92 Å². The number of hydrogen-bond donors (Lipinski definition) is 1. The van der Waals surface area contributed by atoms with Crippen molar-refractivity contribution in [3.8, 4) is 0 Å². The van der Waals surface area contributed by atoms with Crippen molar-refractivity contribution >= 4 is 28.8 Å². The van der Waals surface area contributed by atoms with E-state index in [0.717, 1.165) is 46.3 Å². The molecule has 27 heavy (non-hydrogen) atoms. The van der Waals surface area contributed by atoms with Crippen LogP contribution in [-0.4, -0.2) is 47.5 Å². The number of aryl methyl sites for hydroxylation is 1. The number of urea groups is 1. The third-order valence-corrected chi connectivity index (χ3v) is 5.19. The summed E-state index contributed by atoms with van der Waals surface area (Å²) in [5.41, 5.74) is 3.11. The van der Waals surface area contributed by atoms with Crippen molar-refractivity contribution < 1.29 is 19.1 Å². The van der Waals surface area contributed by atoms with Crippen LogP contribution in [0.4, 0.5) is 4.79 Å². The Morgan fingerprint density at radius 1 is 1.33 bits per heavy atom. The van der Waals surface area contributed by atoms with Gasteiger partial charge in [-0.1, -0.05) is 25.1 Å². The van der Waals surface area contributed by atoms with Gasteiger partial charge in [0, 0.05) is 24.2 Å². The normalized spacial score (nSPS) is 18.9. The van der Waals surface area contributed by atoms with Crippen LogP contribution in [0.5, 0.6) is 0 Å². The second kappa shape index (κ2) is 6.98. The first-order chi connectivity index (χ1) is 13.0. The Labute approximate surface area is 156 Å². The van der Waals surface area contributed by atoms with Gasteiger partial charge >= 0.3 is 12.0 Å². The summed E-state index contributed by atoms with van der Waals surface area (Å²) < 4.78 is 5.32. The second-order valence-electron chi connectivity index (χ2n) is 7.13. The highest BCUT2D eigenvalue weighted by Gasteiger charge is 2.29. The number of aromatic nitrogens is 1. The number of fused-ring (bicyclic) bond motifs is 2. The molecule has 0 saturated carbocycles. The SMILES string of the molecule is C[C@@H]1CCc2nc3ccccc3c(C(=O)OCC(=O)N3CCNC3=O)c2C1. The molecule has 7 nitrogen and oxygen atoms in total. The van der Waals surface area contributed by atoms with E-state index in [2.05, 4.69) is 12.2 Å². The molecular formula is C20H21N3O4. The highest BCUT2D eigenvalue weighted by Crippen LogP contribution is 2.32. The molecule has 0 radical (unpaired) electrons. The molecule has 1 aliphatic carbocycles. The number of hydrogen-bond acceptors (Lipinski definition) is 5. The first kappa shape index (κ1) is 17.5. The minimum atomic E-state index is -0.535. The molecule has 1 aromatic carbocycles. The van der Waals surface area contributed by atoms with E-state index in [-0.39, 0.29) is 0 Å². The Kier molecular flexibility index (Phi) is 4.51. The van der Waals surface area contributed by atoms with Gasteiger partial charge in [0.25, 0.3) is 5.91 Å². The summed E-state index contributed by atoms with van der Waals surface area (Å²) in [5.74, 6) is -0.590. The molecule has 7 heteroatoms. The average molecular weight is 367 g/mol. The molecule has 1 aliphatic heterocycles. The molecule has 2 heterocycles. The molecule has 0 unspecified atom stereocenters. The van der Waals surface area contributed by atoms with Gasteiger partial charge in [0.15, 0.2) is 6.61 Å². The highest BCUT2D eigenvalue weighted by molar-refractivity contribution is 6.06. The number of nitrogens with zero attached hydrogens (tertiary/aromatic N) is 2. The van der Waals surface area contributed by atoms with E-state index in [1.165, 1.54) is 0 Å². The molecule has 2 aliphatic rings. The number of imide groups is 1. The smallest absolute Gasteiger partial charge is 0.339 e. The molecule has 0 spiro atoms. The zero-order valence-electron chi connectivity index (χ0n) is 15.2. The molecule has 140 valence electrons. The Morgan fingerprint density at radius 2 is 2.15 bits per heavy atom. The van der Waals surface area contributed by atoms with Crippen LogP contribution in [0.25, 0.3) is 10.9 Å². The van der Waals surface area contributed by atoms with Crippen molar-refractivity contribution in [2.45, 2.75) is 26.2 Å². The van der Waals surface area contributed by atoms with E-state index in [4.69, 9.17) is 9.72 Å². The summed E-state index contributed by atoms with van der Waals surface area (Å²) in [6.45, 7) is 2.41. The highest BCUT2D eigenvalue weighted by atomic mass is 16.5. The topological polar surface area (TPSA) is 88.6 Å². The quantitative estimate of drug-likeness (QED) is 0.839. The summed E-state index contributed by atoms with van der Waals surface area (Å²) in [4.78, 5) is 42.5. The van der Waals surface area contributed by atoms with Crippen LogP contribution in [0.1, 0.15) is 35.0 Å². The molecule has 1 aromatic heterocycles. The van der Waals surface area contributed by atoms with Gasteiger partial charge in [0.1, 0.15) is 0 Å². The predicted octanol–water partition coefficient (Wildman–Crippen LogP) is 2.07. The Hall–Kier alpha value is -2.96.